The highest BCUT2D eigenvalue weighted by molar-refractivity contribution is 5.69. The van der Waals surface area contributed by atoms with E-state index < -0.39 is 0 Å². The summed E-state index contributed by atoms with van der Waals surface area (Å²) in [6.45, 7) is 3.84. The molecule has 2 aromatic rings. The first kappa shape index (κ1) is 12.2. The van der Waals surface area contributed by atoms with Gasteiger partial charge in [-0.25, -0.2) is 0 Å². The zero-order valence-electron chi connectivity index (χ0n) is 10.7. The van der Waals surface area contributed by atoms with Gasteiger partial charge in [-0.05, 0) is 49.2 Å². The number of benzene rings is 2. The molecule has 0 aliphatic rings. The molecule has 2 nitrogen and oxygen atoms in total. The van der Waals surface area contributed by atoms with Gasteiger partial charge in [0, 0.05) is 12.4 Å². The van der Waals surface area contributed by atoms with Crippen LogP contribution in [0.25, 0.3) is 11.1 Å². The molecule has 2 aromatic carbocycles. The fraction of sp³-hybridized carbons (Fsp3) is 0.125. The highest BCUT2D eigenvalue weighted by Gasteiger charge is 1.97. The maximum atomic E-state index is 4.24. The van der Waals surface area contributed by atoms with E-state index in [0.717, 1.165) is 11.4 Å². The van der Waals surface area contributed by atoms with Crippen molar-refractivity contribution in [2.24, 2.45) is 9.98 Å². The zero-order valence-corrected chi connectivity index (χ0v) is 10.7. The Labute approximate surface area is 108 Å². The molecule has 18 heavy (non-hydrogen) atoms. The molecule has 0 unspecified atom stereocenters. The molecule has 0 saturated carbocycles. The van der Waals surface area contributed by atoms with Crippen molar-refractivity contribution in [3.63, 3.8) is 0 Å². The van der Waals surface area contributed by atoms with Crippen molar-refractivity contribution in [2.45, 2.75) is 13.8 Å². The van der Waals surface area contributed by atoms with Gasteiger partial charge in [-0.2, -0.15) is 0 Å². The van der Waals surface area contributed by atoms with Crippen LogP contribution in [0.4, 0.5) is 11.4 Å². The van der Waals surface area contributed by atoms with Crippen LogP contribution in [0.15, 0.2) is 58.5 Å². The third-order valence-corrected chi connectivity index (χ3v) is 2.62. The summed E-state index contributed by atoms with van der Waals surface area (Å²) in [7, 11) is 0. The van der Waals surface area contributed by atoms with Crippen molar-refractivity contribution in [1.82, 2.24) is 0 Å². The summed E-state index contributed by atoms with van der Waals surface area (Å²) in [5.41, 5.74) is 4.34. The second kappa shape index (κ2) is 5.92. The summed E-state index contributed by atoms with van der Waals surface area (Å²) >= 11 is 0. The molecule has 0 bridgehead atoms. The lowest BCUT2D eigenvalue weighted by atomic mass is 10.1. The maximum Gasteiger partial charge on any atom is 0.0625 e. The van der Waals surface area contributed by atoms with E-state index >= 15 is 0 Å². The topological polar surface area (TPSA) is 24.7 Å². The zero-order chi connectivity index (χ0) is 12.8. The molecule has 0 aliphatic carbocycles. The number of hydrogen-bond donors (Lipinski definition) is 0. The van der Waals surface area contributed by atoms with E-state index in [1.54, 1.807) is 12.4 Å². The summed E-state index contributed by atoms with van der Waals surface area (Å²) in [6.07, 6.45) is 3.60. The van der Waals surface area contributed by atoms with Gasteiger partial charge in [-0.15, -0.1) is 0 Å². The third-order valence-electron chi connectivity index (χ3n) is 2.62. The minimum absolute atomic E-state index is 0.980. The van der Waals surface area contributed by atoms with Gasteiger partial charge in [0.05, 0.1) is 11.4 Å². The van der Waals surface area contributed by atoms with Gasteiger partial charge >= 0.3 is 0 Å². The molecule has 0 saturated heterocycles. The third kappa shape index (κ3) is 2.92. The van der Waals surface area contributed by atoms with Gasteiger partial charge in [0.25, 0.3) is 0 Å². The number of aliphatic imine (C=N–C) groups is 2. The smallest absolute Gasteiger partial charge is 0.0625 e. The van der Waals surface area contributed by atoms with E-state index in [9.17, 15) is 0 Å². The van der Waals surface area contributed by atoms with Crippen molar-refractivity contribution >= 4 is 23.8 Å². The highest BCUT2D eigenvalue weighted by Crippen LogP contribution is 2.24. The van der Waals surface area contributed by atoms with E-state index in [2.05, 4.69) is 34.3 Å². The minimum Gasteiger partial charge on any atom is -0.262 e. The van der Waals surface area contributed by atoms with Gasteiger partial charge in [-0.1, -0.05) is 24.3 Å². The quantitative estimate of drug-likeness (QED) is 0.684. The molecular weight excluding hydrogens is 220 g/mol. The highest BCUT2D eigenvalue weighted by atomic mass is 14.7. The molecule has 0 heterocycles. The molecule has 0 aromatic heterocycles. The van der Waals surface area contributed by atoms with Crippen LogP contribution in [-0.2, 0) is 0 Å². The minimum atomic E-state index is 0.980. The molecule has 2 rings (SSSR count). The van der Waals surface area contributed by atoms with Crippen LogP contribution in [0.1, 0.15) is 13.8 Å². The van der Waals surface area contributed by atoms with Crippen molar-refractivity contribution in [2.75, 3.05) is 0 Å². The van der Waals surface area contributed by atoms with E-state index in [-0.39, 0.29) is 0 Å². The lowest BCUT2D eigenvalue weighted by Crippen LogP contribution is -1.76. The second-order valence-corrected chi connectivity index (χ2v) is 3.87. The summed E-state index contributed by atoms with van der Waals surface area (Å²) in [6, 6.07) is 16.4. The Bertz CT molecular complexity index is 495. The summed E-state index contributed by atoms with van der Waals surface area (Å²) < 4.78 is 0. The van der Waals surface area contributed by atoms with Gasteiger partial charge in [0.1, 0.15) is 0 Å². The SMILES string of the molecule is CC=Nc1ccc(-c2ccc(N=CC)cc2)cc1. The molecular formula is C16H16N2. The van der Waals surface area contributed by atoms with Crippen LogP contribution in [-0.4, -0.2) is 12.4 Å². The predicted molar refractivity (Wildman–Crippen MR) is 79.5 cm³/mol. The first-order valence-electron chi connectivity index (χ1n) is 6.01. The van der Waals surface area contributed by atoms with E-state index in [1.165, 1.54) is 11.1 Å². The Balaban J connectivity index is 2.25. The molecule has 0 atom stereocenters. The van der Waals surface area contributed by atoms with Gasteiger partial charge in [0.2, 0.25) is 0 Å². The Hall–Kier alpha value is -2.22. The fourth-order valence-corrected chi connectivity index (χ4v) is 1.78. The van der Waals surface area contributed by atoms with Crippen LogP contribution in [0.3, 0.4) is 0 Å². The molecule has 0 N–H and O–H groups in total. The number of rotatable bonds is 3. The average molecular weight is 236 g/mol. The van der Waals surface area contributed by atoms with Crippen molar-refractivity contribution in [3.05, 3.63) is 48.5 Å². The number of hydrogen-bond acceptors (Lipinski definition) is 2. The lowest BCUT2D eigenvalue weighted by molar-refractivity contribution is 1.50. The molecule has 0 aliphatic heterocycles. The first-order chi connectivity index (χ1) is 8.83. The maximum absolute atomic E-state index is 4.24. The van der Waals surface area contributed by atoms with Crippen LogP contribution in [0.5, 0.6) is 0 Å². The summed E-state index contributed by atoms with van der Waals surface area (Å²) in [5.74, 6) is 0. The average Bonchev–Trinajstić information content (AvgIpc) is 2.41. The molecule has 0 amide bonds. The molecule has 0 spiro atoms. The van der Waals surface area contributed by atoms with Crippen molar-refractivity contribution in [1.29, 1.82) is 0 Å². The van der Waals surface area contributed by atoms with Crippen LogP contribution >= 0.6 is 0 Å². The van der Waals surface area contributed by atoms with Gasteiger partial charge < -0.3 is 0 Å². The van der Waals surface area contributed by atoms with Gasteiger partial charge in [-0.3, -0.25) is 9.98 Å². The van der Waals surface area contributed by atoms with E-state index in [1.807, 2.05) is 38.1 Å². The number of nitrogens with zero attached hydrogens (tertiary/aromatic N) is 2. The molecule has 0 fully saturated rings. The molecule has 2 heteroatoms. The fourth-order valence-electron chi connectivity index (χ4n) is 1.78. The summed E-state index contributed by atoms with van der Waals surface area (Å²) in [5, 5.41) is 0. The van der Waals surface area contributed by atoms with E-state index in [4.69, 9.17) is 0 Å². The first-order valence-corrected chi connectivity index (χ1v) is 6.01. The predicted octanol–water partition coefficient (Wildman–Crippen LogP) is 4.80. The van der Waals surface area contributed by atoms with Crippen LogP contribution in [0, 0.1) is 0 Å². The van der Waals surface area contributed by atoms with Crippen LogP contribution in [0.2, 0.25) is 0 Å². The molecule has 0 radical (unpaired) electrons. The normalized spacial score (nSPS) is 11.4. The Kier molecular flexibility index (Phi) is 4.02. The van der Waals surface area contributed by atoms with Crippen molar-refractivity contribution in [3.8, 4) is 11.1 Å². The standard InChI is InChI=1S/C16H16N2/c1-3-17-15-9-5-13(6-10-15)14-7-11-16(12-8-14)18-4-2/h3-12H,1-2H3. The Morgan fingerprint density at radius 1 is 0.611 bits per heavy atom. The van der Waals surface area contributed by atoms with Crippen molar-refractivity contribution < 1.29 is 0 Å². The molecule has 90 valence electrons. The van der Waals surface area contributed by atoms with Crippen LogP contribution < -0.4 is 0 Å². The Morgan fingerprint density at radius 2 is 0.944 bits per heavy atom. The largest absolute Gasteiger partial charge is 0.262 e. The second-order valence-electron chi connectivity index (χ2n) is 3.87. The monoisotopic (exact) mass is 236 g/mol. The van der Waals surface area contributed by atoms with E-state index in [0.29, 0.717) is 0 Å². The van der Waals surface area contributed by atoms with Gasteiger partial charge in [0.15, 0.2) is 0 Å². The summed E-state index contributed by atoms with van der Waals surface area (Å²) in [4.78, 5) is 8.47. The Morgan fingerprint density at radius 3 is 1.22 bits per heavy atom. The lowest BCUT2D eigenvalue weighted by Gasteiger charge is -2.02.